The number of carbonyl (C=O) groups is 1. The molecule has 0 unspecified atom stereocenters. The Labute approximate surface area is 110 Å². The van der Waals surface area contributed by atoms with Crippen molar-refractivity contribution in [1.82, 2.24) is 5.32 Å². The van der Waals surface area contributed by atoms with Gasteiger partial charge in [0.05, 0.1) is 11.6 Å². The molecule has 0 saturated carbocycles. The lowest BCUT2D eigenvalue weighted by molar-refractivity contribution is -0.116. The van der Waals surface area contributed by atoms with E-state index < -0.39 is 0 Å². The van der Waals surface area contributed by atoms with E-state index >= 15 is 0 Å². The van der Waals surface area contributed by atoms with Gasteiger partial charge in [0, 0.05) is 12.1 Å². The molecule has 0 spiro atoms. The summed E-state index contributed by atoms with van der Waals surface area (Å²) in [7, 11) is 3.48. The van der Waals surface area contributed by atoms with E-state index in [2.05, 4.69) is 26.6 Å². The SMILES string of the molecule is CNCCCC(=O)Nc1ccc(OC)c(Br)c1. The summed E-state index contributed by atoms with van der Waals surface area (Å²) >= 11 is 3.37. The first-order valence-corrected chi connectivity index (χ1v) is 6.24. The van der Waals surface area contributed by atoms with Gasteiger partial charge in [-0.15, -0.1) is 0 Å². The molecule has 0 atom stereocenters. The highest BCUT2D eigenvalue weighted by molar-refractivity contribution is 9.10. The van der Waals surface area contributed by atoms with E-state index in [0.717, 1.165) is 28.9 Å². The predicted molar refractivity (Wildman–Crippen MR) is 72.5 cm³/mol. The fraction of sp³-hybridized carbons (Fsp3) is 0.417. The minimum atomic E-state index is 0.0253. The zero-order valence-corrected chi connectivity index (χ0v) is 11.6. The monoisotopic (exact) mass is 300 g/mol. The number of methoxy groups -OCH3 is 1. The average Bonchev–Trinajstić information content (AvgIpc) is 2.29. The van der Waals surface area contributed by atoms with Crippen LogP contribution in [0.2, 0.25) is 0 Å². The zero-order chi connectivity index (χ0) is 12.7. The van der Waals surface area contributed by atoms with Crippen LogP contribution in [0.4, 0.5) is 5.69 Å². The lowest BCUT2D eigenvalue weighted by Gasteiger charge is -2.08. The van der Waals surface area contributed by atoms with Crippen molar-refractivity contribution in [2.45, 2.75) is 12.8 Å². The van der Waals surface area contributed by atoms with Crippen molar-refractivity contribution in [2.24, 2.45) is 0 Å². The summed E-state index contributed by atoms with van der Waals surface area (Å²) in [5.41, 5.74) is 0.770. The van der Waals surface area contributed by atoms with Gasteiger partial charge in [-0.1, -0.05) is 0 Å². The molecule has 0 aliphatic carbocycles. The Kier molecular flexibility index (Phi) is 6.00. The summed E-state index contributed by atoms with van der Waals surface area (Å²) in [4.78, 5) is 11.6. The van der Waals surface area contributed by atoms with Crippen LogP contribution in [0.5, 0.6) is 5.75 Å². The lowest BCUT2D eigenvalue weighted by atomic mass is 10.2. The normalized spacial score (nSPS) is 10.1. The standard InChI is InChI=1S/C12H17BrN2O2/c1-14-7-3-4-12(16)15-9-5-6-11(17-2)10(13)8-9/h5-6,8,14H,3-4,7H2,1-2H3,(H,15,16). The summed E-state index contributed by atoms with van der Waals surface area (Å²) < 4.78 is 5.94. The molecule has 1 rings (SSSR count). The Morgan fingerprint density at radius 3 is 2.82 bits per heavy atom. The van der Waals surface area contributed by atoms with Crippen LogP contribution in [0.25, 0.3) is 0 Å². The summed E-state index contributed by atoms with van der Waals surface area (Å²) in [6.07, 6.45) is 1.35. The molecule has 0 aliphatic rings. The maximum Gasteiger partial charge on any atom is 0.224 e. The van der Waals surface area contributed by atoms with Gasteiger partial charge in [0.2, 0.25) is 5.91 Å². The Morgan fingerprint density at radius 1 is 1.47 bits per heavy atom. The van der Waals surface area contributed by atoms with E-state index in [0.29, 0.717) is 6.42 Å². The summed E-state index contributed by atoms with van der Waals surface area (Å²) in [5.74, 6) is 0.774. The molecular weight excluding hydrogens is 284 g/mol. The quantitative estimate of drug-likeness (QED) is 0.793. The molecular formula is C12H17BrN2O2. The van der Waals surface area contributed by atoms with Gasteiger partial charge in [0.15, 0.2) is 0 Å². The summed E-state index contributed by atoms with van der Waals surface area (Å²) in [5, 5.41) is 5.85. The van der Waals surface area contributed by atoms with Crippen LogP contribution in [-0.2, 0) is 4.79 Å². The van der Waals surface area contributed by atoms with Crippen LogP contribution in [0, 0.1) is 0 Å². The molecule has 0 aliphatic heterocycles. The van der Waals surface area contributed by atoms with Crippen LogP contribution in [0.15, 0.2) is 22.7 Å². The minimum Gasteiger partial charge on any atom is -0.496 e. The third-order valence-electron chi connectivity index (χ3n) is 2.27. The van der Waals surface area contributed by atoms with Crippen molar-refractivity contribution >= 4 is 27.5 Å². The van der Waals surface area contributed by atoms with Crippen LogP contribution < -0.4 is 15.4 Å². The number of anilines is 1. The van der Waals surface area contributed by atoms with Gasteiger partial charge in [0.1, 0.15) is 5.75 Å². The molecule has 0 saturated heterocycles. The highest BCUT2D eigenvalue weighted by Gasteiger charge is 2.04. The molecule has 1 aromatic carbocycles. The third kappa shape index (κ3) is 4.75. The van der Waals surface area contributed by atoms with Gasteiger partial charge in [-0.3, -0.25) is 4.79 Å². The minimum absolute atomic E-state index is 0.0253. The van der Waals surface area contributed by atoms with Crippen LogP contribution in [0.3, 0.4) is 0 Å². The van der Waals surface area contributed by atoms with E-state index in [9.17, 15) is 4.79 Å². The van der Waals surface area contributed by atoms with Crippen molar-refractivity contribution in [3.63, 3.8) is 0 Å². The Hall–Kier alpha value is -1.07. The Balaban J connectivity index is 2.51. The number of hydrogen-bond acceptors (Lipinski definition) is 3. The molecule has 5 heteroatoms. The second-order valence-electron chi connectivity index (χ2n) is 3.60. The van der Waals surface area contributed by atoms with Crippen molar-refractivity contribution in [3.8, 4) is 5.75 Å². The molecule has 1 amide bonds. The molecule has 0 bridgehead atoms. The molecule has 0 fully saturated rings. The molecule has 17 heavy (non-hydrogen) atoms. The van der Waals surface area contributed by atoms with Gasteiger partial charge in [-0.25, -0.2) is 0 Å². The molecule has 94 valence electrons. The van der Waals surface area contributed by atoms with Crippen LogP contribution >= 0.6 is 15.9 Å². The maximum absolute atomic E-state index is 11.6. The molecule has 0 heterocycles. The van der Waals surface area contributed by atoms with Gasteiger partial charge < -0.3 is 15.4 Å². The van der Waals surface area contributed by atoms with Gasteiger partial charge in [-0.2, -0.15) is 0 Å². The predicted octanol–water partition coefficient (Wildman–Crippen LogP) is 2.40. The molecule has 4 nitrogen and oxygen atoms in total. The summed E-state index contributed by atoms with van der Waals surface area (Å²) in [6, 6.07) is 5.46. The summed E-state index contributed by atoms with van der Waals surface area (Å²) in [6.45, 7) is 0.847. The molecule has 0 aromatic heterocycles. The second kappa shape index (κ2) is 7.29. The van der Waals surface area contributed by atoms with E-state index in [4.69, 9.17) is 4.74 Å². The number of carbonyl (C=O) groups excluding carboxylic acids is 1. The first kappa shape index (κ1) is 14.0. The third-order valence-corrected chi connectivity index (χ3v) is 2.89. The number of nitrogens with one attached hydrogen (secondary N) is 2. The van der Waals surface area contributed by atoms with E-state index in [1.165, 1.54) is 0 Å². The van der Waals surface area contributed by atoms with Gasteiger partial charge >= 0.3 is 0 Å². The van der Waals surface area contributed by atoms with Crippen LogP contribution in [-0.4, -0.2) is 26.6 Å². The van der Waals surface area contributed by atoms with E-state index in [1.807, 2.05) is 25.2 Å². The smallest absolute Gasteiger partial charge is 0.224 e. The number of ether oxygens (including phenoxy) is 1. The largest absolute Gasteiger partial charge is 0.496 e. The molecule has 0 radical (unpaired) electrons. The number of hydrogen-bond donors (Lipinski definition) is 2. The number of amides is 1. The van der Waals surface area contributed by atoms with Crippen molar-refractivity contribution < 1.29 is 9.53 Å². The van der Waals surface area contributed by atoms with Gasteiger partial charge in [0.25, 0.3) is 0 Å². The Morgan fingerprint density at radius 2 is 2.24 bits per heavy atom. The van der Waals surface area contributed by atoms with Crippen LogP contribution in [0.1, 0.15) is 12.8 Å². The van der Waals surface area contributed by atoms with Crippen molar-refractivity contribution in [3.05, 3.63) is 22.7 Å². The fourth-order valence-electron chi connectivity index (χ4n) is 1.39. The number of benzene rings is 1. The number of rotatable bonds is 6. The number of halogens is 1. The first-order chi connectivity index (χ1) is 8.17. The second-order valence-corrected chi connectivity index (χ2v) is 4.46. The topological polar surface area (TPSA) is 50.4 Å². The average molecular weight is 301 g/mol. The van der Waals surface area contributed by atoms with Crippen molar-refractivity contribution in [1.29, 1.82) is 0 Å². The van der Waals surface area contributed by atoms with E-state index in [-0.39, 0.29) is 5.91 Å². The van der Waals surface area contributed by atoms with Gasteiger partial charge in [-0.05, 0) is 54.1 Å². The fourth-order valence-corrected chi connectivity index (χ4v) is 1.93. The van der Waals surface area contributed by atoms with E-state index in [1.54, 1.807) is 7.11 Å². The highest BCUT2D eigenvalue weighted by atomic mass is 79.9. The highest BCUT2D eigenvalue weighted by Crippen LogP contribution is 2.27. The van der Waals surface area contributed by atoms with Crippen molar-refractivity contribution in [2.75, 3.05) is 26.0 Å². The first-order valence-electron chi connectivity index (χ1n) is 5.45. The Bertz CT molecular complexity index is 383. The maximum atomic E-state index is 11.6. The molecule has 2 N–H and O–H groups in total. The zero-order valence-electron chi connectivity index (χ0n) is 10.0. The molecule has 1 aromatic rings. The lowest BCUT2D eigenvalue weighted by Crippen LogP contribution is -2.15.